The van der Waals surface area contributed by atoms with Gasteiger partial charge in [-0.15, -0.1) is 6.58 Å². The molecule has 0 saturated heterocycles. The molecule has 0 bridgehead atoms. The van der Waals surface area contributed by atoms with Gasteiger partial charge in [0.2, 0.25) is 5.91 Å². The molecule has 2 aromatic carbocycles. The summed E-state index contributed by atoms with van der Waals surface area (Å²) in [6.45, 7) is 3.92. The molecule has 7 heteroatoms. The fourth-order valence-corrected chi connectivity index (χ4v) is 2.54. The number of hydrogen-bond donors (Lipinski definition) is 3. The van der Waals surface area contributed by atoms with Crippen molar-refractivity contribution in [2.75, 3.05) is 19.0 Å². The van der Waals surface area contributed by atoms with Gasteiger partial charge in [-0.1, -0.05) is 36.4 Å². The first kappa shape index (κ1) is 20.9. The summed E-state index contributed by atoms with van der Waals surface area (Å²) in [7, 11) is 1.56. The predicted molar refractivity (Wildman–Crippen MR) is 115 cm³/mol. The van der Waals surface area contributed by atoms with E-state index < -0.39 is 5.91 Å². The van der Waals surface area contributed by atoms with Crippen LogP contribution in [-0.4, -0.2) is 30.6 Å². The number of nitrogens with one attached hydrogen (secondary N) is 3. The van der Waals surface area contributed by atoms with Crippen LogP contribution in [-0.2, 0) is 4.79 Å². The summed E-state index contributed by atoms with van der Waals surface area (Å²) in [5.41, 5.74) is 1.66. The van der Waals surface area contributed by atoms with E-state index in [1.165, 1.54) is 6.08 Å². The highest BCUT2D eigenvalue weighted by molar-refractivity contribution is 7.80. The molecule has 144 valence electrons. The van der Waals surface area contributed by atoms with Crippen LogP contribution in [0.3, 0.4) is 0 Å². The normalized spacial score (nSPS) is 10.2. The van der Waals surface area contributed by atoms with Crippen molar-refractivity contribution in [1.29, 1.82) is 0 Å². The average Bonchev–Trinajstić information content (AvgIpc) is 2.71. The summed E-state index contributed by atoms with van der Waals surface area (Å²) >= 11 is 5.18. The fraction of sp³-hybridized carbons (Fsp3) is 0.0952. The number of thiocarbonyl (C=S) groups is 1. The van der Waals surface area contributed by atoms with Crippen LogP contribution in [0.5, 0.6) is 5.75 Å². The first-order valence-corrected chi connectivity index (χ1v) is 8.87. The Bertz CT molecular complexity index is 909. The highest BCUT2D eigenvalue weighted by Crippen LogP contribution is 2.18. The van der Waals surface area contributed by atoms with Gasteiger partial charge >= 0.3 is 0 Å². The molecular formula is C21H21N3O3S. The van der Waals surface area contributed by atoms with Crippen molar-refractivity contribution in [2.24, 2.45) is 0 Å². The molecule has 0 spiro atoms. The quantitative estimate of drug-likeness (QED) is 0.381. The Morgan fingerprint density at radius 3 is 2.61 bits per heavy atom. The summed E-state index contributed by atoms with van der Waals surface area (Å²) in [4.78, 5) is 24.3. The second-order valence-corrected chi connectivity index (χ2v) is 5.97. The molecule has 2 rings (SSSR count). The fourth-order valence-electron chi connectivity index (χ4n) is 2.33. The third-order valence-corrected chi connectivity index (χ3v) is 3.82. The maximum atomic E-state index is 12.2. The van der Waals surface area contributed by atoms with Gasteiger partial charge in [-0.3, -0.25) is 14.9 Å². The van der Waals surface area contributed by atoms with E-state index in [9.17, 15) is 9.59 Å². The lowest BCUT2D eigenvalue weighted by Gasteiger charge is -2.12. The number of rotatable bonds is 7. The SMILES string of the molecule is C=CCNC(=O)c1ccccc1NC(=S)NC(=O)C=Cc1ccccc1OC. The lowest BCUT2D eigenvalue weighted by atomic mass is 10.1. The monoisotopic (exact) mass is 395 g/mol. The number of methoxy groups -OCH3 is 1. The first-order chi connectivity index (χ1) is 13.5. The van der Waals surface area contributed by atoms with Crippen LogP contribution in [0.25, 0.3) is 6.08 Å². The van der Waals surface area contributed by atoms with Gasteiger partial charge in [0.05, 0.1) is 18.4 Å². The van der Waals surface area contributed by atoms with Crippen molar-refractivity contribution in [1.82, 2.24) is 10.6 Å². The molecule has 0 saturated carbocycles. The Morgan fingerprint density at radius 1 is 1.14 bits per heavy atom. The highest BCUT2D eigenvalue weighted by Gasteiger charge is 2.11. The molecule has 0 fully saturated rings. The van der Waals surface area contributed by atoms with Crippen molar-refractivity contribution < 1.29 is 14.3 Å². The smallest absolute Gasteiger partial charge is 0.253 e. The van der Waals surface area contributed by atoms with E-state index in [4.69, 9.17) is 17.0 Å². The molecule has 6 nitrogen and oxygen atoms in total. The van der Waals surface area contributed by atoms with E-state index in [1.54, 1.807) is 49.6 Å². The molecular weight excluding hydrogens is 374 g/mol. The molecule has 0 aliphatic rings. The Kier molecular flexibility index (Phi) is 7.92. The first-order valence-electron chi connectivity index (χ1n) is 8.46. The number of amides is 2. The maximum Gasteiger partial charge on any atom is 0.253 e. The molecule has 0 radical (unpaired) electrons. The number of hydrogen-bond acceptors (Lipinski definition) is 4. The van der Waals surface area contributed by atoms with Crippen LogP contribution in [0.15, 0.2) is 67.3 Å². The second kappa shape index (κ2) is 10.6. The predicted octanol–water partition coefficient (Wildman–Crippen LogP) is 3.14. The van der Waals surface area contributed by atoms with Crippen molar-refractivity contribution in [3.63, 3.8) is 0 Å². The van der Waals surface area contributed by atoms with Gasteiger partial charge < -0.3 is 15.4 Å². The third-order valence-electron chi connectivity index (χ3n) is 3.62. The largest absolute Gasteiger partial charge is 0.496 e. The van der Waals surface area contributed by atoms with Crippen LogP contribution in [0.2, 0.25) is 0 Å². The number of carbonyl (C=O) groups excluding carboxylic acids is 2. The van der Waals surface area contributed by atoms with E-state index >= 15 is 0 Å². The number of benzene rings is 2. The summed E-state index contributed by atoms with van der Waals surface area (Å²) in [6, 6.07) is 14.2. The standard InChI is InChI=1S/C21H21N3O3S/c1-3-14-22-20(26)16-9-5-6-10-17(16)23-21(28)24-19(25)13-12-15-8-4-7-11-18(15)27-2/h3-13H,1,14H2,2H3,(H,22,26)(H2,23,24,25,28). The third kappa shape index (κ3) is 6.07. The van der Waals surface area contributed by atoms with Crippen molar-refractivity contribution in [2.45, 2.75) is 0 Å². The number of para-hydroxylation sites is 2. The molecule has 28 heavy (non-hydrogen) atoms. The van der Waals surface area contributed by atoms with Crippen molar-refractivity contribution in [3.05, 3.63) is 78.4 Å². The minimum absolute atomic E-state index is 0.0821. The van der Waals surface area contributed by atoms with Gasteiger partial charge in [-0.2, -0.15) is 0 Å². The van der Waals surface area contributed by atoms with E-state index in [0.29, 0.717) is 23.5 Å². The van der Waals surface area contributed by atoms with Crippen LogP contribution in [0.4, 0.5) is 5.69 Å². The Morgan fingerprint density at radius 2 is 1.86 bits per heavy atom. The van der Waals surface area contributed by atoms with E-state index in [2.05, 4.69) is 22.5 Å². The molecule has 0 aliphatic carbocycles. The molecule has 2 amide bonds. The molecule has 2 aromatic rings. The van der Waals surface area contributed by atoms with E-state index in [-0.39, 0.29) is 11.0 Å². The zero-order chi connectivity index (χ0) is 20.4. The van der Waals surface area contributed by atoms with Gasteiger partial charge in [0.15, 0.2) is 5.11 Å². The summed E-state index contributed by atoms with van der Waals surface area (Å²) in [6.07, 6.45) is 4.58. The summed E-state index contributed by atoms with van der Waals surface area (Å²) in [5, 5.41) is 8.21. The van der Waals surface area contributed by atoms with Crippen LogP contribution < -0.4 is 20.7 Å². The summed E-state index contributed by atoms with van der Waals surface area (Å²) in [5.74, 6) is -0.0168. The molecule has 3 N–H and O–H groups in total. The lowest BCUT2D eigenvalue weighted by molar-refractivity contribution is -0.115. The Hall–Kier alpha value is -3.45. The van der Waals surface area contributed by atoms with Gasteiger partial charge in [0.25, 0.3) is 5.91 Å². The zero-order valence-electron chi connectivity index (χ0n) is 15.4. The average molecular weight is 395 g/mol. The summed E-state index contributed by atoms with van der Waals surface area (Å²) < 4.78 is 5.24. The Balaban J connectivity index is 2.00. The number of anilines is 1. The van der Waals surface area contributed by atoms with E-state index in [1.807, 2.05) is 18.2 Å². The second-order valence-electron chi connectivity index (χ2n) is 5.56. The molecule has 0 aliphatic heterocycles. The highest BCUT2D eigenvalue weighted by atomic mass is 32.1. The van der Waals surface area contributed by atoms with Gasteiger partial charge in [-0.25, -0.2) is 0 Å². The minimum Gasteiger partial charge on any atom is -0.496 e. The van der Waals surface area contributed by atoms with Gasteiger partial charge in [0, 0.05) is 18.2 Å². The van der Waals surface area contributed by atoms with Crippen molar-refractivity contribution >= 4 is 40.9 Å². The molecule has 0 heterocycles. The number of ether oxygens (including phenoxy) is 1. The molecule has 0 unspecified atom stereocenters. The van der Waals surface area contributed by atoms with Crippen LogP contribution >= 0.6 is 12.2 Å². The number of carbonyl (C=O) groups is 2. The lowest BCUT2D eigenvalue weighted by Crippen LogP contribution is -2.34. The Labute approximate surface area is 169 Å². The van der Waals surface area contributed by atoms with Gasteiger partial charge in [-0.05, 0) is 36.5 Å². The molecule has 0 atom stereocenters. The minimum atomic E-state index is -0.406. The van der Waals surface area contributed by atoms with Crippen LogP contribution in [0.1, 0.15) is 15.9 Å². The van der Waals surface area contributed by atoms with E-state index in [0.717, 1.165) is 5.56 Å². The maximum absolute atomic E-state index is 12.2. The molecule has 0 aromatic heterocycles. The topological polar surface area (TPSA) is 79.5 Å². The van der Waals surface area contributed by atoms with Gasteiger partial charge in [0.1, 0.15) is 5.75 Å². The zero-order valence-corrected chi connectivity index (χ0v) is 16.2. The van der Waals surface area contributed by atoms with Crippen LogP contribution in [0, 0.1) is 0 Å². The van der Waals surface area contributed by atoms with Crippen molar-refractivity contribution in [3.8, 4) is 5.75 Å².